The maximum absolute atomic E-state index is 5.50. The summed E-state index contributed by atoms with van der Waals surface area (Å²) < 4.78 is 0. The summed E-state index contributed by atoms with van der Waals surface area (Å²) in [4.78, 5) is 4.59. The summed E-state index contributed by atoms with van der Waals surface area (Å²) in [6, 6.07) is 0. The first-order chi connectivity index (χ1) is 6.06. The van der Waals surface area contributed by atoms with E-state index in [-0.39, 0.29) is 0 Å². The topological polar surface area (TPSA) is 32.5 Å². The number of nitrogens with two attached hydrogens (primary N) is 1. The fourth-order valence-corrected chi connectivity index (χ4v) is 1.37. The van der Waals surface area contributed by atoms with E-state index in [1.807, 2.05) is 0 Å². The molecule has 0 saturated carbocycles. The molecule has 0 aliphatic heterocycles. The second kappa shape index (κ2) is 7.30. The van der Waals surface area contributed by atoms with Crippen molar-refractivity contribution in [1.29, 1.82) is 0 Å². The number of likely N-dealkylation sites (N-methyl/N-ethyl adjacent to an activating group) is 2. The second-order valence-corrected chi connectivity index (χ2v) is 4.25. The zero-order valence-electron chi connectivity index (χ0n) is 9.58. The van der Waals surface area contributed by atoms with Crippen molar-refractivity contribution in [3.8, 4) is 0 Å². The monoisotopic (exact) mass is 187 g/mol. The molecule has 0 aliphatic rings. The highest BCUT2D eigenvalue weighted by Crippen LogP contribution is 2.01. The van der Waals surface area contributed by atoms with E-state index in [2.05, 4.69) is 37.9 Å². The van der Waals surface area contributed by atoms with Gasteiger partial charge in [-0.2, -0.15) is 0 Å². The fourth-order valence-electron chi connectivity index (χ4n) is 1.37. The molecule has 0 aliphatic carbocycles. The maximum Gasteiger partial charge on any atom is 0.0106 e. The van der Waals surface area contributed by atoms with Gasteiger partial charge in [0.2, 0.25) is 0 Å². The molecule has 0 aromatic carbocycles. The average molecular weight is 187 g/mol. The highest BCUT2D eigenvalue weighted by molar-refractivity contribution is 4.60. The Morgan fingerprint density at radius 1 is 1.15 bits per heavy atom. The van der Waals surface area contributed by atoms with Crippen LogP contribution in [0.4, 0.5) is 0 Å². The quantitative estimate of drug-likeness (QED) is 0.629. The lowest BCUT2D eigenvalue weighted by molar-refractivity contribution is 0.249. The lowest BCUT2D eigenvalue weighted by Gasteiger charge is -2.22. The first kappa shape index (κ1) is 12.9. The summed E-state index contributed by atoms with van der Waals surface area (Å²) in [7, 11) is 6.39. The number of hydrogen-bond donors (Lipinski definition) is 1. The standard InChI is InChI=1S/C10H25N3/c1-10(5-6-11)9-13(4)8-7-12(2)3/h10H,5-9,11H2,1-4H3. The third kappa shape index (κ3) is 8.22. The highest BCUT2D eigenvalue weighted by atomic mass is 15.1. The molecule has 80 valence electrons. The van der Waals surface area contributed by atoms with Gasteiger partial charge in [0.15, 0.2) is 0 Å². The van der Waals surface area contributed by atoms with Gasteiger partial charge in [0, 0.05) is 19.6 Å². The summed E-state index contributed by atoms with van der Waals surface area (Å²) in [5.41, 5.74) is 5.50. The van der Waals surface area contributed by atoms with E-state index >= 15 is 0 Å². The van der Waals surface area contributed by atoms with Crippen molar-refractivity contribution in [2.75, 3.05) is 47.3 Å². The smallest absolute Gasteiger partial charge is 0.0106 e. The fraction of sp³-hybridized carbons (Fsp3) is 1.00. The Morgan fingerprint density at radius 3 is 2.23 bits per heavy atom. The SMILES string of the molecule is CC(CCN)CN(C)CCN(C)C. The van der Waals surface area contributed by atoms with Crippen LogP contribution in [-0.2, 0) is 0 Å². The van der Waals surface area contributed by atoms with Crippen LogP contribution in [0.2, 0.25) is 0 Å². The Labute approximate surface area is 82.9 Å². The van der Waals surface area contributed by atoms with Gasteiger partial charge in [-0.05, 0) is 40.0 Å². The van der Waals surface area contributed by atoms with E-state index in [9.17, 15) is 0 Å². The zero-order chi connectivity index (χ0) is 10.3. The minimum atomic E-state index is 0.720. The molecule has 0 radical (unpaired) electrons. The van der Waals surface area contributed by atoms with Crippen molar-refractivity contribution in [3.05, 3.63) is 0 Å². The molecule has 3 heteroatoms. The van der Waals surface area contributed by atoms with Gasteiger partial charge in [-0.3, -0.25) is 0 Å². The van der Waals surface area contributed by atoms with E-state index in [0.717, 1.165) is 38.5 Å². The molecule has 13 heavy (non-hydrogen) atoms. The van der Waals surface area contributed by atoms with Gasteiger partial charge in [0.25, 0.3) is 0 Å². The van der Waals surface area contributed by atoms with Crippen LogP contribution in [-0.4, -0.2) is 57.1 Å². The Morgan fingerprint density at radius 2 is 1.77 bits per heavy atom. The predicted octanol–water partition coefficient (Wildman–Crippen LogP) is 0.465. The third-order valence-corrected chi connectivity index (χ3v) is 2.21. The molecule has 0 amide bonds. The van der Waals surface area contributed by atoms with Gasteiger partial charge in [-0.15, -0.1) is 0 Å². The first-order valence-electron chi connectivity index (χ1n) is 5.09. The minimum Gasteiger partial charge on any atom is -0.330 e. The molecule has 0 aromatic rings. The first-order valence-corrected chi connectivity index (χ1v) is 5.09. The Bertz CT molecular complexity index is 115. The highest BCUT2D eigenvalue weighted by Gasteiger charge is 2.05. The van der Waals surface area contributed by atoms with Crippen molar-refractivity contribution in [2.24, 2.45) is 11.7 Å². The van der Waals surface area contributed by atoms with Gasteiger partial charge < -0.3 is 15.5 Å². The second-order valence-electron chi connectivity index (χ2n) is 4.25. The molecule has 2 N–H and O–H groups in total. The number of rotatable bonds is 7. The van der Waals surface area contributed by atoms with Gasteiger partial charge in [-0.1, -0.05) is 6.92 Å². The molecule has 0 heterocycles. The van der Waals surface area contributed by atoms with E-state index in [1.54, 1.807) is 0 Å². The minimum absolute atomic E-state index is 0.720. The molecule has 0 bridgehead atoms. The maximum atomic E-state index is 5.50. The largest absolute Gasteiger partial charge is 0.330 e. The molecule has 0 saturated heterocycles. The lowest BCUT2D eigenvalue weighted by Crippen LogP contribution is -2.32. The summed E-state index contributed by atoms with van der Waals surface area (Å²) in [5, 5.41) is 0. The average Bonchev–Trinajstić information content (AvgIpc) is 2.01. The summed E-state index contributed by atoms with van der Waals surface area (Å²) in [6.07, 6.45) is 1.13. The molecule has 1 unspecified atom stereocenters. The molecular formula is C10H25N3. The van der Waals surface area contributed by atoms with Crippen LogP contribution in [0.1, 0.15) is 13.3 Å². The van der Waals surface area contributed by atoms with Crippen LogP contribution in [0.5, 0.6) is 0 Å². The molecule has 3 nitrogen and oxygen atoms in total. The summed E-state index contributed by atoms with van der Waals surface area (Å²) in [6.45, 7) is 6.50. The van der Waals surface area contributed by atoms with Gasteiger partial charge >= 0.3 is 0 Å². The van der Waals surface area contributed by atoms with Crippen molar-refractivity contribution in [1.82, 2.24) is 9.80 Å². The van der Waals surface area contributed by atoms with Crippen LogP contribution >= 0.6 is 0 Å². The third-order valence-electron chi connectivity index (χ3n) is 2.21. The summed E-state index contributed by atoms with van der Waals surface area (Å²) >= 11 is 0. The van der Waals surface area contributed by atoms with Crippen LogP contribution in [0.15, 0.2) is 0 Å². The van der Waals surface area contributed by atoms with E-state index in [0.29, 0.717) is 0 Å². The van der Waals surface area contributed by atoms with E-state index < -0.39 is 0 Å². The number of nitrogens with zero attached hydrogens (tertiary/aromatic N) is 2. The van der Waals surface area contributed by atoms with Crippen molar-refractivity contribution >= 4 is 0 Å². The van der Waals surface area contributed by atoms with E-state index in [4.69, 9.17) is 5.73 Å². The molecule has 0 rings (SSSR count). The van der Waals surface area contributed by atoms with E-state index in [1.165, 1.54) is 0 Å². The molecule has 0 aromatic heterocycles. The lowest BCUT2D eigenvalue weighted by atomic mass is 10.1. The Balaban J connectivity index is 3.43. The zero-order valence-corrected chi connectivity index (χ0v) is 9.58. The molecule has 0 fully saturated rings. The van der Waals surface area contributed by atoms with Crippen molar-refractivity contribution < 1.29 is 0 Å². The van der Waals surface area contributed by atoms with Gasteiger partial charge in [0.1, 0.15) is 0 Å². The van der Waals surface area contributed by atoms with Crippen LogP contribution in [0, 0.1) is 5.92 Å². The predicted molar refractivity (Wildman–Crippen MR) is 58.9 cm³/mol. The molecule has 0 spiro atoms. The van der Waals surface area contributed by atoms with Gasteiger partial charge in [0.05, 0.1) is 0 Å². The number of hydrogen-bond acceptors (Lipinski definition) is 3. The normalized spacial score (nSPS) is 14.1. The Kier molecular flexibility index (Phi) is 7.23. The summed E-state index contributed by atoms with van der Waals surface area (Å²) in [5.74, 6) is 0.720. The van der Waals surface area contributed by atoms with Crippen molar-refractivity contribution in [3.63, 3.8) is 0 Å². The Hall–Kier alpha value is -0.120. The molecule has 1 atom stereocenters. The van der Waals surface area contributed by atoms with Crippen LogP contribution < -0.4 is 5.73 Å². The van der Waals surface area contributed by atoms with Crippen molar-refractivity contribution in [2.45, 2.75) is 13.3 Å². The van der Waals surface area contributed by atoms with Crippen LogP contribution in [0.3, 0.4) is 0 Å². The molecular weight excluding hydrogens is 162 g/mol. The van der Waals surface area contributed by atoms with Gasteiger partial charge in [-0.25, -0.2) is 0 Å². The van der Waals surface area contributed by atoms with Crippen LogP contribution in [0.25, 0.3) is 0 Å².